The van der Waals surface area contributed by atoms with Crippen molar-refractivity contribution in [2.45, 2.75) is 45.2 Å². The van der Waals surface area contributed by atoms with Crippen molar-refractivity contribution in [3.8, 4) is 5.75 Å². The Balaban J connectivity index is 1.42. The number of nitrogens with one attached hydrogen (secondary N) is 1. The van der Waals surface area contributed by atoms with Gasteiger partial charge in [-0.25, -0.2) is 9.67 Å². The summed E-state index contributed by atoms with van der Waals surface area (Å²) in [6.07, 6.45) is 9.31. The molecule has 1 aliphatic heterocycles. The zero-order valence-electron chi connectivity index (χ0n) is 18.9. The fourth-order valence-electron chi connectivity index (χ4n) is 5.16. The molecule has 0 amide bonds. The molecule has 1 fully saturated rings. The highest BCUT2D eigenvalue weighted by atomic mass is 16.5. The third kappa shape index (κ3) is 4.17. The van der Waals surface area contributed by atoms with E-state index in [0.29, 0.717) is 17.8 Å². The molecule has 170 valence electrons. The molecule has 2 N–H and O–H groups in total. The smallest absolute Gasteiger partial charge is 0.229 e. The van der Waals surface area contributed by atoms with Gasteiger partial charge in [-0.2, -0.15) is 10.1 Å². The molecule has 3 heterocycles. The summed E-state index contributed by atoms with van der Waals surface area (Å²) in [5.41, 5.74) is 4.34. The van der Waals surface area contributed by atoms with Crippen LogP contribution in [0, 0.1) is 11.8 Å². The second-order valence-corrected chi connectivity index (χ2v) is 9.22. The Bertz CT molecular complexity index is 1100. The van der Waals surface area contributed by atoms with Gasteiger partial charge in [0, 0.05) is 32.4 Å². The second-order valence-electron chi connectivity index (χ2n) is 9.22. The zero-order chi connectivity index (χ0) is 22.1. The molecule has 32 heavy (non-hydrogen) atoms. The normalized spacial score (nSPS) is 21.5. The average molecular weight is 437 g/mol. The molecule has 0 saturated heterocycles. The number of rotatable bonds is 6. The summed E-state index contributed by atoms with van der Waals surface area (Å²) in [5, 5.41) is 18.7. The van der Waals surface area contributed by atoms with Gasteiger partial charge in [-0.15, -0.1) is 0 Å². The molecule has 0 radical (unpaired) electrons. The van der Waals surface area contributed by atoms with E-state index in [4.69, 9.17) is 9.72 Å². The van der Waals surface area contributed by atoms with E-state index in [-0.39, 0.29) is 6.61 Å². The maximum absolute atomic E-state index is 9.78. The largest absolute Gasteiger partial charge is 0.495 e. The van der Waals surface area contributed by atoms with Gasteiger partial charge in [-0.3, -0.25) is 0 Å². The average Bonchev–Trinajstić information content (AvgIpc) is 3.21. The molecular weight excluding hydrogens is 404 g/mol. The number of aromatic nitrogens is 4. The quantitative estimate of drug-likeness (QED) is 0.612. The van der Waals surface area contributed by atoms with Crippen molar-refractivity contribution in [1.29, 1.82) is 0 Å². The van der Waals surface area contributed by atoms with Gasteiger partial charge >= 0.3 is 0 Å². The molecule has 2 aliphatic rings. The number of methoxy groups -OCH3 is 1. The molecule has 2 unspecified atom stereocenters. The summed E-state index contributed by atoms with van der Waals surface area (Å²) >= 11 is 0. The standard InChI is InChI=1S/C24H32N6O2/c1-29-8-7-16-10-22(32-2)21(9-19(16)13-29)27-24-25-11-20-12-26-30(23(20)28-24)14-17-5-3-4-6-18(17)15-31/h9-12,17-18,31H,3-8,13-15H2,1-2H3,(H,25,27,28). The van der Waals surface area contributed by atoms with Gasteiger partial charge in [-0.05, 0) is 61.4 Å². The van der Waals surface area contributed by atoms with Gasteiger partial charge in [0.1, 0.15) is 5.75 Å². The predicted octanol–water partition coefficient (Wildman–Crippen LogP) is 3.37. The van der Waals surface area contributed by atoms with E-state index >= 15 is 0 Å². The van der Waals surface area contributed by atoms with Crippen molar-refractivity contribution < 1.29 is 9.84 Å². The first-order valence-corrected chi connectivity index (χ1v) is 11.6. The van der Waals surface area contributed by atoms with Crippen LogP contribution in [0.15, 0.2) is 24.5 Å². The van der Waals surface area contributed by atoms with Crippen molar-refractivity contribution in [2.24, 2.45) is 11.8 Å². The Morgan fingerprint density at radius 1 is 1.16 bits per heavy atom. The molecule has 0 bridgehead atoms. The van der Waals surface area contributed by atoms with Crippen LogP contribution in [-0.4, -0.2) is 57.1 Å². The van der Waals surface area contributed by atoms with Gasteiger partial charge in [-0.1, -0.05) is 12.8 Å². The fourth-order valence-corrected chi connectivity index (χ4v) is 5.16. The number of aliphatic hydroxyl groups excluding tert-OH is 1. The SMILES string of the molecule is COc1cc2c(cc1Nc1ncc3cnn(CC4CCCCC4CO)c3n1)CN(C)CC2. The van der Waals surface area contributed by atoms with Crippen molar-refractivity contribution in [3.63, 3.8) is 0 Å². The third-order valence-electron chi connectivity index (χ3n) is 7.06. The number of nitrogens with zero attached hydrogens (tertiary/aromatic N) is 5. The number of hydrogen-bond acceptors (Lipinski definition) is 7. The van der Waals surface area contributed by atoms with Gasteiger partial charge in [0.25, 0.3) is 0 Å². The van der Waals surface area contributed by atoms with Gasteiger partial charge < -0.3 is 20.1 Å². The minimum absolute atomic E-state index is 0.249. The first-order valence-electron chi connectivity index (χ1n) is 11.6. The molecule has 1 aliphatic carbocycles. The van der Waals surface area contributed by atoms with Crippen molar-refractivity contribution in [3.05, 3.63) is 35.7 Å². The minimum Gasteiger partial charge on any atom is -0.495 e. The summed E-state index contributed by atoms with van der Waals surface area (Å²) in [6, 6.07) is 4.29. The van der Waals surface area contributed by atoms with Gasteiger partial charge in [0.15, 0.2) is 5.65 Å². The van der Waals surface area contributed by atoms with Crippen LogP contribution in [0.3, 0.4) is 0 Å². The van der Waals surface area contributed by atoms with E-state index in [1.165, 1.54) is 24.0 Å². The summed E-state index contributed by atoms with van der Waals surface area (Å²) < 4.78 is 7.63. The van der Waals surface area contributed by atoms with Crippen molar-refractivity contribution in [1.82, 2.24) is 24.6 Å². The van der Waals surface area contributed by atoms with Crippen molar-refractivity contribution >= 4 is 22.7 Å². The Morgan fingerprint density at radius 3 is 2.81 bits per heavy atom. The van der Waals surface area contributed by atoms with E-state index < -0.39 is 0 Å². The molecule has 8 nitrogen and oxygen atoms in total. The van der Waals surface area contributed by atoms with Crippen LogP contribution < -0.4 is 10.1 Å². The summed E-state index contributed by atoms with van der Waals surface area (Å²) in [7, 11) is 3.84. The molecule has 0 spiro atoms. The topological polar surface area (TPSA) is 88.3 Å². The number of likely N-dealkylation sites (N-methyl/N-ethyl adjacent to an activating group) is 1. The summed E-state index contributed by atoms with van der Waals surface area (Å²) in [6.45, 7) is 3.01. The first kappa shape index (κ1) is 21.2. The van der Waals surface area contributed by atoms with Crippen LogP contribution in [-0.2, 0) is 19.5 Å². The lowest BCUT2D eigenvalue weighted by atomic mass is 9.80. The molecule has 2 atom stereocenters. The molecular formula is C24H32N6O2. The van der Waals surface area contributed by atoms with Crippen LogP contribution in [0.4, 0.5) is 11.6 Å². The van der Waals surface area contributed by atoms with E-state index in [2.05, 4.69) is 39.5 Å². The highest BCUT2D eigenvalue weighted by molar-refractivity contribution is 5.76. The third-order valence-corrected chi connectivity index (χ3v) is 7.06. The maximum Gasteiger partial charge on any atom is 0.229 e. The predicted molar refractivity (Wildman–Crippen MR) is 124 cm³/mol. The lowest BCUT2D eigenvalue weighted by molar-refractivity contribution is 0.121. The molecule has 5 rings (SSSR count). The van der Waals surface area contributed by atoms with Crippen LogP contribution in [0.1, 0.15) is 36.8 Å². The number of benzene rings is 1. The van der Waals surface area contributed by atoms with Gasteiger partial charge in [0.05, 0.1) is 24.4 Å². The molecule has 8 heteroatoms. The highest BCUT2D eigenvalue weighted by Gasteiger charge is 2.26. The Morgan fingerprint density at radius 2 is 2.00 bits per heavy atom. The molecule has 1 aromatic carbocycles. The van der Waals surface area contributed by atoms with E-state index in [1.807, 2.05) is 17.1 Å². The molecule has 3 aromatic rings. The van der Waals surface area contributed by atoms with E-state index in [9.17, 15) is 5.11 Å². The summed E-state index contributed by atoms with van der Waals surface area (Å²) in [4.78, 5) is 11.6. The Labute approximate surface area is 188 Å². The van der Waals surface area contributed by atoms with E-state index in [0.717, 1.165) is 61.4 Å². The van der Waals surface area contributed by atoms with Crippen LogP contribution in [0.5, 0.6) is 5.75 Å². The minimum atomic E-state index is 0.249. The fraction of sp³-hybridized carbons (Fsp3) is 0.542. The Kier molecular flexibility index (Phi) is 5.97. The number of fused-ring (bicyclic) bond motifs is 2. The number of hydrogen-bond donors (Lipinski definition) is 2. The first-order chi connectivity index (χ1) is 15.6. The lowest BCUT2D eigenvalue weighted by Gasteiger charge is -2.30. The molecule has 2 aromatic heterocycles. The monoisotopic (exact) mass is 436 g/mol. The highest BCUT2D eigenvalue weighted by Crippen LogP contribution is 2.34. The zero-order valence-corrected chi connectivity index (χ0v) is 18.9. The number of aliphatic hydroxyl groups is 1. The molecule has 1 saturated carbocycles. The van der Waals surface area contributed by atoms with Crippen LogP contribution in [0.25, 0.3) is 11.0 Å². The lowest BCUT2D eigenvalue weighted by Crippen LogP contribution is -2.27. The van der Waals surface area contributed by atoms with Crippen LogP contribution in [0.2, 0.25) is 0 Å². The second kappa shape index (κ2) is 9.03. The van der Waals surface area contributed by atoms with Gasteiger partial charge in [0.2, 0.25) is 5.95 Å². The summed E-state index contributed by atoms with van der Waals surface area (Å²) in [5.74, 6) is 2.11. The number of anilines is 2. The number of ether oxygens (including phenoxy) is 1. The van der Waals surface area contributed by atoms with Crippen LogP contribution >= 0.6 is 0 Å². The Hall–Kier alpha value is -2.71. The van der Waals surface area contributed by atoms with E-state index in [1.54, 1.807) is 7.11 Å². The van der Waals surface area contributed by atoms with Crippen molar-refractivity contribution in [2.75, 3.05) is 32.6 Å². The maximum atomic E-state index is 9.78.